The van der Waals surface area contributed by atoms with E-state index < -0.39 is 5.97 Å². The molecule has 0 fully saturated rings. The molecule has 0 aromatic heterocycles. The zero-order chi connectivity index (χ0) is 11.8. The first-order valence-electron chi connectivity index (χ1n) is 4.32. The van der Waals surface area contributed by atoms with E-state index in [9.17, 15) is 9.59 Å². The van der Waals surface area contributed by atoms with Gasteiger partial charge in [-0.15, -0.1) is 0 Å². The van der Waals surface area contributed by atoms with Crippen LogP contribution >= 0.6 is 0 Å². The lowest BCUT2D eigenvalue weighted by Gasteiger charge is -1.98. The van der Waals surface area contributed by atoms with Crippen LogP contribution in [0.25, 0.3) is 0 Å². The predicted octanol–water partition coefficient (Wildman–Crippen LogP) is 1.99. The Balaban J connectivity index is 0.000000423. The van der Waals surface area contributed by atoms with E-state index >= 15 is 0 Å². The summed E-state index contributed by atoms with van der Waals surface area (Å²) in [5.41, 5.74) is 0.269. The highest BCUT2D eigenvalue weighted by atomic mass is 16.5. The van der Waals surface area contributed by atoms with Crippen LogP contribution in [0.1, 0.15) is 24.2 Å². The number of aromatic carboxylic acids is 1. The summed E-state index contributed by atoms with van der Waals surface area (Å²) in [4.78, 5) is 19.8. The first kappa shape index (κ1) is 13.2. The van der Waals surface area contributed by atoms with Crippen LogP contribution in [0.5, 0.6) is 5.75 Å². The third-order valence-corrected chi connectivity index (χ3v) is 1.34. The number of ketones is 1. The van der Waals surface area contributed by atoms with Crippen LogP contribution in [-0.4, -0.2) is 24.0 Å². The molecule has 0 amide bonds. The average molecular weight is 210 g/mol. The minimum Gasteiger partial charge on any atom is -0.497 e. The molecule has 0 saturated carbocycles. The van der Waals surface area contributed by atoms with Crippen molar-refractivity contribution in [3.05, 3.63) is 29.8 Å². The van der Waals surface area contributed by atoms with Crippen molar-refractivity contribution in [1.82, 2.24) is 0 Å². The van der Waals surface area contributed by atoms with Gasteiger partial charge in [0.15, 0.2) is 0 Å². The molecule has 0 bridgehead atoms. The molecule has 0 spiro atoms. The fourth-order valence-corrected chi connectivity index (χ4v) is 0.734. The van der Waals surface area contributed by atoms with Crippen LogP contribution < -0.4 is 4.74 Å². The zero-order valence-corrected chi connectivity index (χ0v) is 8.98. The highest BCUT2D eigenvalue weighted by molar-refractivity contribution is 5.87. The van der Waals surface area contributed by atoms with Crippen molar-refractivity contribution in [3.8, 4) is 5.75 Å². The summed E-state index contributed by atoms with van der Waals surface area (Å²) in [6.07, 6.45) is 0. The highest BCUT2D eigenvalue weighted by Crippen LogP contribution is 2.10. The Morgan fingerprint density at radius 2 is 1.53 bits per heavy atom. The highest BCUT2D eigenvalue weighted by Gasteiger charge is 2.00. The number of carbonyl (C=O) groups is 2. The number of ether oxygens (including phenoxy) is 1. The minimum absolute atomic E-state index is 0.167. The number of carboxylic acid groups (broad SMARTS) is 1. The van der Waals surface area contributed by atoms with Gasteiger partial charge in [0.1, 0.15) is 11.5 Å². The molecule has 1 rings (SSSR count). The molecule has 1 aromatic carbocycles. The molecule has 0 heterocycles. The Hall–Kier alpha value is -1.84. The van der Waals surface area contributed by atoms with Crippen LogP contribution in [0.2, 0.25) is 0 Å². The first-order chi connectivity index (χ1) is 6.97. The lowest BCUT2D eigenvalue weighted by Crippen LogP contribution is -1.95. The quantitative estimate of drug-likeness (QED) is 0.810. The maximum atomic E-state index is 10.4. The van der Waals surface area contributed by atoms with E-state index in [1.165, 1.54) is 33.1 Å². The Labute approximate surface area is 88.5 Å². The summed E-state index contributed by atoms with van der Waals surface area (Å²) in [5.74, 6) is -0.0948. The maximum absolute atomic E-state index is 10.4. The van der Waals surface area contributed by atoms with Crippen molar-refractivity contribution in [2.24, 2.45) is 0 Å². The lowest BCUT2D eigenvalue weighted by atomic mass is 10.2. The molecule has 4 heteroatoms. The number of Topliss-reactive ketones (excluding diaryl/α,β-unsaturated/α-hetero) is 1. The molecular formula is C11H14O4. The van der Waals surface area contributed by atoms with Gasteiger partial charge in [-0.25, -0.2) is 4.79 Å². The van der Waals surface area contributed by atoms with Gasteiger partial charge in [0.25, 0.3) is 0 Å². The molecule has 82 valence electrons. The summed E-state index contributed by atoms with van der Waals surface area (Å²) in [5, 5.41) is 8.51. The molecule has 0 atom stereocenters. The summed E-state index contributed by atoms with van der Waals surface area (Å²) in [6.45, 7) is 3.06. The van der Waals surface area contributed by atoms with Gasteiger partial charge in [0.2, 0.25) is 0 Å². The fourth-order valence-electron chi connectivity index (χ4n) is 0.734. The largest absolute Gasteiger partial charge is 0.497 e. The number of rotatable bonds is 2. The smallest absolute Gasteiger partial charge is 0.335 e. The van der Waals surface area contributed by atoms with Gasteiger partial charge in [-0.3, -0.25) is 0 Å². The van der Waals surface area contributed by atoms with Crippen LogP contribution in [0.3, 0.4) is 0 Å². The van der Waals surface area contributed by atoms with Gasteiger partial charge in [-0.1, -0.05) is 0 Å². The Morgan fingerprint density at radius 3 is 1.80 bits per heavy atom. The molecular weight excluding hydrogens is 196 g/mol. The van der Waals surface area contributed by atoms with E-state index in [0.717, 1.165) is 0 Å². The standard InChI is InChI=1S/C8H8O3.C3H6O/c1-11-7-4-2-6(3-5-7)8(9)10;1-3(2)4/h2-5H,1H3,(H,9,10);1-2H3. The molecule has 0 aliphatic heterocycles. The number of methoxy groups -OCH3 is 1. The Morgan fingerprint density at radius 1 is 1.13 bits per heavy atom. The van der Waals surface area contributed by atoms with Gasteiger partial charge in [0.05, 0.1) is 12.7 Å². The molecule has 0 radical (unpaired) electrons. The SMILES string of the molecule is CC(C)=O.COc1ccc(C(=O)O)cc1. The van der Waals surface area contributed by atoms with Gasteiger partial charge >= 0.3 is 5.97 Å². The normalized spacial score (nSPS) is 8.47. The average Bonchev–Trinajstić information content (AvgIpc) is 2.17. The third-order valence-electron chi connectivity index (χ3n) is 1.34. The molecule has 1 aromatic rings. The van der Waals surface area contributed by atoms with E-state index in [0.29, 0.717) is 5.75 Å². The van der Waals surface area contributed by atoms with E-state index in [-0.39, 0.29) is 11.3 Å². The Bertz CT molecular complexity index is 323. The summed E-state index contributed by atoms with van der Waals surface area (Å²) >= 11 is 0. The molecule has 1 N–H and O–H groups in total. The number of carbonyl (C=O) groups excluding carboxylic acids is 1. The van der Waals surface area contributed by atoms with E-state index in [2.05, 4.69) is 0 Å². The second-order valence-corrected chi connectivity index (χ2v) is 2.94. The summed E-state index contributed by atoms with van der Waals surface area (Å²) in [6, 6.07) is 6.23. The first-order valence-corrected chi connectivity index (χ1v) is 4.32. The van der Waals surface area contributed by atoms with Crippen molar-refractivity contribution < 1.29 is 19.4 Å². The van der Waals surface area contributed by atoms with Crippen LogP contribution in [-0.2, 0) is 4.79 Å². The Kier molecular flexibility index (Phi) is 5.78. The monoisotopic (exact) mass is 210 g/mol. The molecule has 0 unspecified atom stereocenters. The predicted molar refractivity (Wildman–Crippen MR) is 56.3 cm³/mol. The number of carboxylic acids is 1. The van der Waals surface area contributed by atoms with Crippen LogP contribution in [0, 0.1) is 0 Å². The third kappa shape index (κ3) is 6.26. The van der Waals surface area contributed by atoms with E-state index in [1.54, 1.807) is 12.1 Å². The minimum atomic E-state index is -0.923. The number of hydrogen-bond acceptors (Lipinski definition) is 3. The van der Waals surface area contributed by atoms with Gasteiger partial charge in [-0.05, 0) is 38.1 Å². The van der Waals surface area contributed by atoms with Crippen molar-refractivity contribution in [1.29, 1.82) is 0 Å². The zero-order valence-electron chi connectivity index (χ0n) is 8.98. The molecule has 15 heavy (non-hydrogen) atoms. The molecule has 0 saturated heterocycles. The number of hydrogen-bond donors (Lipinski definition) is 1. The van der Waals surface area contributed by atoms with E-state index in [4.69, 9.17) is 9.84 Å². The van der Waals surface area contributed by atoms with Gasteiger partial charge < -0.3 is 14.6 Å². The second-order valence-electron chi connectivity index (χ2n) is 2.94. The lowest BCUT2D eigenvalue weighted by molar-refractivity contribution is -0.115. The van der Waals surface area contributed by atoms with Crippen LogP contribution in [0.4, 0.5) is 0 Å². The van der Waals surface area contributed by atoms with Crippen LogP contribution in [0.15, 0.2) is 24.3 Å². The maximum Gasteiger partial charge on any atom is 0.335 e. The molecule has 4 nitrogen and oxygen atoms in total. The van der Waals surface area contributed by atoms with Crippen molar-refractivity contribution in [2.75, 3.05) is 7.11 Å². The van der Waals surface area contributed by atoms with Gasteiger partial charge in [-0.2, -0.15) is 0 Å². The van der Waals surface area contributed by atoms with Gasteiger partial charge in [0, 0.05) is 0 Å². The second kappa shape index (κ2) is 6.59. The molecule has 0 aliphatic rings. The number of benzene rings is 1. The van der Waals surface area contributed by atoms with Crippen molar-refractivity contribution >= 4 is 11.8 Å². The summed E-state index contributed by atoms with van der Waals surface area (Å²) < 4.78 is 4.86. The molecule has 0 aliphatic carbocycles. The topological polar surface area (TPSA) is 63.6 Å². The van der Waals surface area contributed by atoms with Crippen molar-refractivity contribution in [2.45, 2.75) is 13.8 Å². The fraction of sp³-hybridized carbons (Fsp3) is 0.273. The van der Waals surface area contributed by atoms with Crippen molar-refractivity contribution in [3.63, 3.8) is 0 Å². The summed E-state index contributed by atoms with van der Waals surface area (Å²) in [7, 11) is 1.54. The van der Waals surface area contributed by atoms with E-state index in [1.807, 2.05) is 0 Å².